The van der Waals surface area contributed by atoms with Crippen LogP contribution in [-0.4, -0.2) is 24.9 Å². The molecule has 1 aromatic rings. The molecule has 2 rings (SSSR count). The molecule has 1 aliphatic rings. The van der Waals surface area contributed by atoms with E-state index in [0.717, 1.165) is 5.56 Å². The van der Waals surface area contributed by atoms with Crippen molar-refractivity contribution in [3.05, 3.63) is 48.0 Å². The van der Waals surface area contributed by atoms with Gasteiger partial charge in [-0.2, -0.15) is 0 Å². The number of carbonyl (C=O) groups excluding carboxylic acids is 1. The summed E-state index contributed by atoms with van der Waals surface area (Å²) < 4.78 is 33.6. The minimum absolute atomic E-state index is 0.259. The van der Waals surface area contributed by atoms with Crippen molar-refractivity contribution in [2.24, 2.45) is 5.92 Å². The summed E-state index contributed by atoms with van der Waals surface area (Å²) >= 11 is 0. The third-order valence-electron chi connectivity index (χ3n) is 4.34. The molecule has 0 heterocycles. The highest BCUT2D eigenvalue weighted by molar-refractivity contribution is 5.69. The van der Waals surface area contributed by atoms with Crippen LogP contribution in [0.25, 0.3) is 0 Å². The molecule has 0 amide bonds. The van der Waals surface area contributed by atoms with Crippen LogP contribution in [0.5, 0.6) is 0 Å². The highest BCUT2D eigenvalue weighted by Crippen LogP contribution is 2.40. The summed E-state index contributed by atoms with van der Waals surface area (Å²) in [5.41, 5.74) is 0.868. The lowest BCUT2D eigenvalue weighted by atomic mass is 9.76. The normalized spacial score (nSPS) is 28.0. The molecule has 0 radical (unpaired) electrons. The van der Waals surface area contributed by atoms with Crippen molar-refractivity contribution >= 4 is 5.97 Å². The summed E-state index contributed by atoms with van der Waals surface area (Å²) in [4.78, 5) is 11.2. The van der Waals surface area contributed by atoms with Crippen LogP contribution in [0.2, 0.25) is 0 Å². The minimum Gasteiger partial charge on any atom is -0.466 e. The maximum Gasteiger partial charge on any atom is 0.306 e. The number of carbonyl (C=O) groups is 1. The molecule has 0 bridgehead atoms. The molecule has 1 fully saturated rings. The van der Waals surface area contributed by atoms with Crippen LogP contribution >= 0.6 is 0 Å². The van der Waals surface area contributed by atoms with Gasteiger partial charge in [-0.1, -0.05) is 42.5 Å². The molecule has 126 valence electrons. The zero-order chi connectivity index (χ0) is 16.7. The summed E-state index contributed by atoms with van der Waals surface area (Å²) in [6, 6.07) is 9.31. The third-order valence-corrected chi connectivity index (χ3v) is 4.34. The lowest BCUT2D eigenvalue weighted by molar-refractivity contribution is -0.143. The zero-order valence-corrected chi connectivity index (χ0v) is 13.5. The van der Waals surface area contributed by atoms with Crippen LogP contribution in [0.1, 0.15) is 44.1 Å². The Morgan fingerprint density at radius 1 is 1.22 bits per heavy atom. The first-order valence-electron chi connectivity index (χ1n) is 8.28. The van der Waals surface area contributed by atoms with E-state index in [1.54, 1.807) is 19.1 Å². The van der Waals surface area contributed by atoms with Crippen molar-refractivity contribution in [2.75, 3.05) is 6.61 Å². The molecule has 23 heavy (non-hydrogen) atoms. The highest BCUT2D eigenvalue weighted by atomic mass is 19.2. The predicted octanol–water partition coefficient (Wildman–Crippen LogP) is 4.76. The Bertz CT molecular complexity index is 515. The van der Waals surface area contributed by atoms with E-state index in [2.05, 4.69) is 0 Å². The first kappa shape index (κ1) is 17.6. The minimum atomic E-state index is -1.49. The van der Waals surface area contributed by atoms with Gasteiger partial charge in [0.05, 0.1) is 6.61 Å². The number of alkyl halides is 2. The number of esters is 1. The summed E-state index contributed by atoms with van der Waals surface area (Å²) in [6.45, 7) is 2.12. The predicted molar refractivity (Wildman–Crippen MR) is 86.7 cm³/mol. The molecular formula is C19H24F2O2. The molecule has 0 spiro atoms. The van der Waals surface area contributed by atoms with Crippen LogP contribution in [0.3, 0.4) is 0 Å². The molecular weight excluding hydrogens is 298 g/mol. The molecule has 1 aromatic carbocycles. The van der Waals surface area contributed by atoms with Gasteiger partial charge in [0, 0.05) is 18.3 Å². The van der Waals surface area contributed by atoms with E-state index in [4.69, 9.17) is 4.74 Å². The second-order valence-electron chi connectivity index (χ2n) is 5.92. The van der Waals surface area contributed by atoms with Crippen molar-refractivity contribution in [1.82, 2.24) is 0 Å². The second kappa shape index (κ2) is 8.80. The average Bonchev–Trinajstić information content (AvgIpc) is 2.56. The molecule has 4 heteroatoms. The second-order valence-corrected chi connectivity index (χ2v) is 5.92. The number of halogens is 2. The largest absolute Gasteiger partial charge is 0.466 e. The lowest BCUT2D eigenvalue weighted by Gasteiger charge is -2.33. The van der Waals surface area contributed by atoms with Gasteiger partial charge in [-0.25, -0.2) is 8.78 Å². The molecule has 4 atom stereocenters. The van der Waals surface area contributed by atoms with Crippen LogP contribution in [0.4, 0.5) is 8.78 Å². The molecule has 0 aliphatic heterocycles. The fourth-order valence-corrected chi connectivity index (χ4v) is 3.11. The number of benzene rings is 1. The Kier molecular flexibility index (Phi) is 6.75. The van der Waals surface area contributed by atoms with E-state index in [0.29, 0.717) is 25.9 Å². The van der Waals surface area contributed by atoms with E-state index < -0.39 is 18.3 Å². The van der Waals surface area contributed by atoms with Crippen LogP contribution in [0.15, 0.2) is 42.5 Å². The van der Waals surface area contributed by atoms with E-state index >= 15 is 0 Å². The Balaban J connectivity index is 1.86. The SMILES string of the molecule is CCOC(=O)CCC=CC1CCC(c2ccccc2)C(F)C1F. The van der Waals surface area contributed by atoms with Gasteiger partial charge in [-0.15, -0.1) is 0 Å². The fourth-order valence-electron chi connectivity index (χ4n) is 3.11. The van der Waals surface area contributed by atoms with Crippen molar-refractivity contribution < 1.29 is 18.3 Å². The molecule has 0 N–H and O–H groups in total. The van der Waals surface area contributed by atoms with Gasteiger partial charge in [-0.3, -0.25) is 4.79 Å². The maximum atomic E-state index is 14.4. The Morgan fingerprint density at radius 3 is 2.65 bits per heavy atom. The summed E-state index contributed by atoms with van der Waals surface area (Å²) in [5, 5.41) is 0. The van der Waals surface area contributed by atoms with Crippen molar-refractivity contribution in [3.8, 4) is 0 Å². The number of rotatable bonds is 6. The third kappa shape index (κ3) is 4.88. The Morgan fingerprint density at radius 2 is 1.96 bits per heavy atom. The maximum absolute atomic E-state index is 14.4. The van der Waals surface area contributed by atoms with Crippen LogP contribution < -0.4 is 0 Å². The molecule has 0 saturated heterocycles. The van der Waals surface area contributed by atoms with Crippen LogP contribution in [0, 0.1) is 5.92 Å². The topological polar surface area (TPSA) is 26.3 Å². The zero-order valence-electron chi connectivity index (χ0n) is 13.5. The molecule has 0 aromatic heterocycles. The van der Waals surface area contributed by atoms with Crippen molar-refractivity contribution in [2.45, 2.75) is 50.9 Å². The standard InChI is InChI=1S/C19H24F2O2/c1-2-23-17(22)11-7-6-10-15-12-13-16(19(21)18(15)20)14-8-4-3-5-9-14/h3-6,8-10,15-16,18-19H,2,7,11-13H2,1H3. The first-order valence-corrected chi connectivity index (χ1v) is 8.28. The Labute approximate surface area is 136 Å². The quantitative estimate of drug-likeness (QED) is 0.558. The highest BCUT2D eigenvalue weighted by Gasteiger charge is 2.39. The smallest absolute Gasteiger partial charge is 0.306 e. The molecule has 1 aliphatic carbocycles. The van der Waals surface area contributed by atoms with Gasteiger partial charge in [0.1, 0.15) is 12.3 Å². The monoisotopic (exact) mass is 322 g/mol. The molecule has 1 saturated carbocycles. The first-order chi connectivity index (χ1) is 11.1. The van der Waals surface area contributed by atoms with Gasteiger partial charge in [0.15, 0.2) is 0 Å². The summed E-state index contributed by atoms with van der Waals surface area (Å²) in [6.07, 6.45) is 2.55. The summed E-state index contributed by atoms with van der Waals surface area (Å²) in [5.74, 6) is -1.03. The fraction of sp³-hybridized carbons (Fsp3) is 0.526. The average molecular weight is 322 g/mol. The number of allylic oxidation sites excluding steroid dienone is 2. The van der Waals surface area contributed by atoms with Gasteiger partial charge in [0.2, 0.25) is 0 Å². The Hall–Kier alpha value is -1.71. The van der Waals surface area contributed by atoms with Crippen LogP contribution in [-0.2, 0) is 9.53 Å². The van der Waals surface area contributed by atoms with Gasteiger partial charge >= 0.3 is 5.97 Å². The van der Waals surface area contributed by atoms with E-state index in [1.165, 1.54) is 0 Å². The molecule has 2 nitrogen and oxygen atoms in total. The van der Waals surface area contributed by atoms with Crippen molar-refractivity contribution in [3.63, 3.8) is 0 Å². The van der Waals surface area contributed by atoms with Gasteiger partial charge in [-0.05, 0) is 31.7 Å². The summed E-state index contributed by atoms with van der Waals surface area (Å²) in [7, 11) is 0. The van der Waals surface area contributed by atoms with E-state index in [9.17, 15) is 13.6 Å². The van der Waals surface area contributed by atoms with Crippen molar-refractivity contribution in [1.29, 1.82) is 0 Å². The van der Waals surface area contributed by atoms with Gasteiger partial charge < -0.3 is 4.74 Å². The van der Waals surface area contributed by atoms with Gasteiger partial charge in [0.25, 0.3) is 0 Å². The molecule has 4 unspecified atom stereocenters. The number of hydrogen-bond acceptors (Lipinski definition) is 2. The number of hydrogen-bond donors (Lipinski definition) is 0. The number of ether oxygens (including phenoxy) is 1. The van der Waals surface area contributed by atoms with E-state index in [1.807, 2.05) is 30.3 Å². The lowest BCUT2D eigenvalue weighted by Crippen LogP contribution is -2.36. The van der Waals surface area contributed by atoms with E-state index in [-0.39, 0.29) is 18.3 Å².